The highest BCUT2D eigenvalue weighted by Crippen LogP contribution is 2.32. The van der Waals surface area contributed by atoms with Crippen molar-refractivity contribution in [2.45, 2.75) is 20.3 Å². The number of nitrogens with zero attached hydrogens (tertiary/aromatic N) is 1. The van der Waals surface area contributed by atoms with E-state index >= 15 is 0 Å². The van der Waals surface area contributed by atoms with E-state index in [0.29, 0.717) is 25.1 Å². The summed E-state index contributed by atoms with van der Waals surface area (Å²) >= 11 is 3.44. The van der Waals surface area contributed by atoms with Crippen LogP contribution in [-0.4, -0.2) is 36.9 Å². The second-order valence-electron chi connectivity index (χ2n) is 5.60. The van der Waals surface area contributed by atoms with Gasteiger partial charge in [0.15, 0.2) is 0 Å². The van der Waals surface area contributed by atoms with Gasteiger partial charge in [0.05, 0.1) is 11.0 Å². The molecule has 1 saturated heterocycles. The first-order valence-corrected chi connectivity index (χ1v) is 7.44. The molecule has 0 aliphatic carbocycles. The average Bonchev–Trinajstić information content (AvgIpc) is 2.81. The molecule has 0 aromatic heterocycles. The number of nitrogens with one attached hydrogen (secondary N) is 1. The molecule has 2 rings (SSSR count). The van der Waals surface area contributed by atoms with Crippen molar-refractivity contribution in [3.8, 4) is 0 Å². The van der Waals surface area contributed by atoms with E-state index in [-0.39, 0.29) is 11.8 Å². The van der Waals surface area contributed by atoms with Gasteiger partial charge in [0.25, 0.3) is 5.91 Å². The summed E-state index contributed by atoms with van der Waals surface area (Å²) in [7, 11) is 1.63. The number of hydrogen-bond donors (Lipinski definition) is 1. The average molecular weight is 339 g/mol. The van der Waals surface area contributed by atoms with Crippen molar-refractivity contribution in [2.24, 2.45) is 5.41 Å². The number of benzene rings is 1. The third-order valence-electron chi connectivity index (χ3n) is 3.89. The van der Waals surface area contributed by atoms with E-state index < -0.39 is 5.41 Å². The van der Waals surface area contributed by atoms with Crippen LogP contribution in [0.1, 0.15) is 29.3 Å². The summed E-state index contributed by atoms with van der Waals surface area (Å²) in [5.41, 5.74) is 1.27. The van der Waals surface area contributed by atoms with Crippen LogP contribution in [-0.2, 0) is 4.79 Å². The van der Waals surface area contributed by atoms with E-state index in [9.17, 15) is 9.59 Å². The molecule has 1 heterocycles. The standard InChI is InChI=1S/C15H19BrN2O2/c1-10-4-5-11(12(16)8-10)13(19)18-7-6-15(2,9-18)14(20)17-3/h4-5,8H,6-7,9H2,1-3H3,(H,17,20). The first-order valence-electron chi connectivity index (χ1n) is 6.65. The molecule has 1 aliphatic rings. The molecule has 1 atom stereocenters. The zero-order chi connectivity index (χ0) is 14.9. The van der Waals surface area contributed by atoms with Crippen molar-refractivity contribution < 1.29 is 9.59 Å². The molecule has 0 saturated carbocycles. The van der Waals surface area contributed by atoms with Crippen LogP contribution in [0.2, 0.25) is 0 Å². The molecule has 5 heteroatoms. The van der Waals surface area contributed by atoms with Crippen molar-refractivity contribution in [1.82, 2.24) is 10.2 Å². The first-order chi connectivity index (χ1) is 9.37. The zero-order valence-electron chi connectivity index (χ0n) is 12.0. The lowest BCUT2D eigenvalue weighted by Crippen LogP contribution is -2.40. The predicted octanol–water partition coefficient (Wildman–Crippen LogP) is 2.36. The fourth-order valence-electron chi connectivity index (χ4n) is 2.59. The molecule has 0 bridgehead atoms. The van der Waals surface area contributed by atoms with Gasteiger partial charge in [-0.15, -0.1) is 0 Å². The Morgan fingerprint density at radius 3 is 2.70 bits per heavy atom. The van der Waals surface area contributed by atoms with Gasteiger partial charge >= 0.3 is 0 Å². The molecule has 108 valence electrons. The lowest BCUT2D eigenvalue weighted by Gasteiger charge is -2.23. The van der Waals surface area contributed by atoms with Crippen molar-refractivity contribution in [1.29, 1.82) is 0 Å². The second kappa shape index (κ2) is 5.56. The summed E-state index contributed by atoms with van der Waals surface area (Å²) in [4.78, 5) is 26.2. The minimum absolute atomic E-state index is 0.00391. The molecule has 0 radical (unpaired) electrons. The lowest BCUT2D eigenvalue weighted by molar-refractivity contribution is -0.128. The predicted molar refractivity (Wildman–Crippen MR) is 81.6 cm³/mol. The topological polar surface area (TPSA) is 49.4 Å². The maximum Gasteiger partial charge on any atom is 0.255 e. The maximum atomic E-state index is 12.5. The van der Waals surface area contributed by atoms with Crippen molar-refractivity contribution >= 4 is 27.7 Å². The SMILES string of the molecule is CNC(=O)C1(C)CCN(C(=O)c2ccc(C)cc2Br)C1. The molecule has 1 aliphatic heterocycles. The van der Waals surface area contributed by atoms with E-state index in [1.54, 1.807) is 11.9 Å². The van der Waals surface area contributed by atoms with Crippen LogP contribution in [0.5, 0.6) is 0 Å². The van der Waals surface area contributed by atoms with Crippen LogP contribution in [0.15, 0.2) is 22.7 Å². The van der Waals surface area contributed by atoms with Gasteiger partial charge in [-0.2, -0.15) is 0 Å². The molecule has 1 unspecified atom stereocenters. The number of amides is 2. The Bertz CT molecular complexity index is 559. The summed E-state index contributed by atoms with van der Waals surface area (Å²) in [5.74, 6) is -0.0275. The van der Waals surface area contributed by atoms with E-state index in [1.807, 2.05) is 32.0 Å². The number of halogens is 1. The van der Waals surface area contributed by atoms with Crippen LogP contribution in [0.4, 0.5) is 0 Å². The summed E-state index contributed by atoms with van der Waals surface area (Å²) in [6.45, 7) is 4.97. The molecule has 4 nitrogen and oxygen atoms in total. The third-order valence-corrected chi connectivity index (χ3v) is 4.55. The Balaban J connectivity index is 2.18. The van der Waals surface area contributed by atoms with E-state index in [2.05, 4.69) is 21.2 Å². The normalized spacial score (nSPS) is 21.9. The monoisotopic (exact) mass is 338 g/mol. The number of rotatable bonds is 2. The summed E-state index contributed by atoms with van der Waals surface area (Å²) in [6, 6.07) is 5.69. The highest BCUT2D eigenvalue weighted by molar-refractivity contribution is 9.10. The van der Waals surface area contributed by atoms with Gasteiger partial charge in [-0.1, -0.05) is 6.07 Å². The number of carbonyl (C=O) groups is 2. The Kier molecular flexibility index (Phi) is 4.18. The molecule has 2 amide bonds. The molecule has 1 N–H and O–H groups in total. The summed E-state index contributed by atoms with van der Waals surface area (Å²) in [6.07, 6.45) is 0.696. The molecule has 20 heavy (non-hydrogen) atoms. The minimum Gasteiger partial charge on any atom is -0.359 e. The van der Waals surface area contributed by atoms with Gasteiger partial charge in [-0.05, 0) is 53.9 Å². The molecule has 1 fully saturated rings. The zero-order valence-corrected chi connectivity index (χ0v) is 13.6. The molecule has 1 aromatic carbocycles. The largest absolute Gasteiger partial charge is 0.359 e. The Morgan fingerprint density at radius 2 is 2.10 bits per heavy atom. The molecule has 0 spiro atoms. The maximum absolute atomic E-state index is 12.5. The van der Waals surface area contributed by atoms with Gasteiger partial charge in [0, 0.05) is 24.6 Å². The van der Waals surface area contributed by atoms with Crippen LogP contribution in [0.25, 0.3) is 0 Å². The fourth-order valence-corrected chi connectivity index (χ4v) is 3.25. The number of carbonyl (C=O) groups excluding carboxylic acids is 2. The molecular formula is C15H19BrN2O2. The van der Waals surface area contributed by atoms with E-state index in [4.69, 9.17) is 0 Å². The highest BCUT2D eigenvalue weighted by atomic mass is 79.9. The number of hydrogen-bond acceptors (Lipinski definition) is 2. The van der Waals surface area contributed by atoms with Crippen molar-refractivity contribution in [3.63, 3.8) is 0 Å². The second-order valence-corrected chi connectivity index (χ2v) is 6.45. The first kappa shape index (κ1) is 15.0. The number of likely N-dealkylation sites (tertiary alicyclic amines) is 1. The Labute approximate surface area is 127 Å². The van der Waals surface area contributed by atoms with Crippen LogP contribution in [0.3, 0.4) is 0 Å². The van der Waals surface area contributed by atoms with Crippen molar-refractivity contribution in [3.05, 3.63) is 33.8 Å². The van der Waals surface area contributed by atoms with E-state index in [1.165, 1.54) is 0 Å². The van der Waals surface area contributed by atoms with Gasteiger partial charge < -0.3 is 10.2 Å². The third kappa shape index (κ3) is 2.73. The van der Waals surface area contributed by atoms with Crippen molar-refractivity contribution in [2.75, 3.05) is 20.1 Å². The summed E-state index contributed by atoms with van der Waals surface area (Å²) < 4.78 is 0.802. The lowest BCUT2D eigenvalue weighted by atomic mass is 9.89. The molecule has 1 aromatic rings. The highest BCUT2D eigenvalue weighted by Gasteiger charge is 2.41. The fraction of sp³-hybridized carbons (Fsp3) is 0.467. The van der Waals surface area contributed by atoms with E-state index in [0.717, 1.165) is 10.0 Å². The van der Waals surface area contributed by atoms with Gasteiger partial charge in [-0.3, -0.25) is 9.59 Å². The van der Waals surface area contributed by atoms with Crippen LogP contribution < -0.4 is 5.32 Å². The Hall–Kier alpha value is -1.36. The van der Waals surface area contributed by atoms with Gasteiger partial charge in [-0.25, -0.2) is 0 Å². The quantitative estimate of drug-likeness (QED) is 0.899. The minimum atomic E-state index is -0.485. The molecular weight excluding hydrogens is 320 g/mol. The van der Waals surface area contributed by atoms with Crippen LogP contribution in [0, 0.1) is 12.3 Å². The summed E-state index contributed by atoms with van der Waals surface area (Å²) in [5, 5.41) is 2.68. The van der Waals surface area contributed by atoms with Gasteiger partial charge in [0.2, 0.25) is 5.91 Å². The van der Waals surface area contributed by atoms with Crippen LogP contribution >= 0.6 is 15.9 Å². The smallest absolute Gasteiger partial charge is 0.255 e. The Morgan fingerprint density at radius 1 is 1.40 bits per heavy atom. The van der Waals surface area contributed by atoms with Gasteiger partial charge in [0.1, 0.15) is 0 Å². The number of aryl methyl sites for hydroxylation is 1.